The highest BCUT2D eigenvalue weighted by Crippen LogP contribution is 2.24. The lowest BCUT2D eigenvalue weighted by atomic mass is 10.1. The molecule has 0 saturated carbocycles. The highest BCUT2D eigenvalue weighted by molar-refractivity contribution is 6.04. The number of aromatic nitrogens is 6. The average Bonchev–Trinajstić information content (AvgIpc) is 3.44. The van der Waals surface area contributed by atoms with Gasteiger partial charge in [0.1, 0.15) is 12.2 Å². The summed E-state index contributed by atoms with van der Waals surface area (Å²) in [5.41, 5.74) is 4.01. The van der Waals surface area contributed by atoms with Crippen molar-refractivity contribution in [1.82, 2.24) is 29.8 Å². The largest absolute Gasteiger partial charge is 0.334 e. The van der Waals surface area contributed by atoms with Crippen molar-refractivity contribution in [2.45, 2.75) is 25.8 Å². The van der Waals surface area contributed by atoms with Gasteiger partial charge in [-0.15, -0.1) is 5.10 Å². The van der Waals surface area contributed by atoms with Gasteiger partial charge in [0.25, 0.3) is 5.91 Å². The number of carbonyl (C=O) groups excluding carboxylic acids is 1. The molecular weight excluding hydrogens is 366 g/mol. The SMILES string of the molecule is O=C(Nc1ccc(-c2cn3c(n2)CCCC3)cc1)c1cccc(-n2cnnn2)c1. The van der Waals surface area contributed by atoms with Crippen LogP contribution in [0.25, 0.3) is 16.9 Å². The summed E-state index contributed by atoms with van der Waals surface area (Å²) in [4.78, 5) is 17.4. The van der Waals surface area contributed by atoms with Crippen molar-refractivity contribution in [3.8, 4) is 16.9 Å². The van der Waals surface area contributed by atoms with Gasteiger partial charge in [0.15, 0.2) is 0 Å². The van der Waals surface area contributed by atoms with Crippen LogP contribution in [-0.4, -0.2) is 35.7 Å². The third-order valence-corrected chi connectivity index (χ3v) is 5.07. The van der Waals surface area contributed by atoms with E-state index in [1.165, 1.54) is 23.9 Å². The van der Waals surface area contributed by atoms with Crippen molar-refractivity contribution < 1.29 is 4.79 Å². The summed E-state index contributed by atoms with van der Waals surface area (Å²) in [7, 11) is 0. The van der Waals surface area contributed by atoms with Crippen molar-refractivity contribution in [3.05, 3.63) is 72.4 Å². The zero-order chi connectivity index (χ0) is 19.6. The number of hydrogen-bond acceptors (Lipinski definition) is 5. The second-order valence-electron chi connectivity index (χ2n) is 7.03. The van der Waals surface area contributed by atoms with Crippen LogP contribution in [0.5, 0.6) is 0 Å². The van der Waals surface area contributed by atoms with Crippen molar-refractivity contribution in [1.29, 1.82) is 0 Å². The zero-order valence-electron chi connectivity index (χ0n) is 15.7. The summed E-state index contributed by atoms with van der Waals surface area (Å²) in [6.45, 7) is 1.04. The predicted octanol–water partition coefficient (Wildman–Crippen LogP) is 3.11. The molecule has 2 aromatic carbocycles. The van der Waals surface area contributed by atoms with Gasteiger partial charge in [0.05, 0.1) is 11.4 Å². The lowest BCUT2D eigenvalue weighted by molar-refractivity contribution is 0.102. The number of tetrazole rings is 1. The molecule has 0 unspecified atom stereocenters. The number of nitrogens with one attached hydrogen (secondary N) is 1. The molecule has 5 rings (SSSR count). The number of hydrogen-bond donors (Lipinski definition) is 1. The van der Waals surface area contributed by atoms with Crippen LogP contribution in [0.1, 0.15) is 29.0 Å². The van der Waals surface area contributed by atoms with E-state index in [1.807, 2.05) is 30.3 Å². The Morgan fingerprint density at radius 1 is 1.07 bits per heavy atom. The van der Waals surface area contributed by atoms with Gasteiger partial charge < -0.3 is 9.88 Å². The molecule has 3 heterocycles. The average molecular weight is 385 g/mol. The lowest BCUT2D eigenvalue weighted by Crippen LogP contribution is -2.12. The normalized spacial score (nSPS) is 13.1. The Morgan fingerprint density at radius 2 is 1.97 bits per heavy atom. The van der Waals surface area contributed by atoms with Gasteiger partial charge in [-0.3, -0.25) is 4.79 Å². The molecule has 2 aromatic heterocycles. The van der Waals surface area contributed by atoms with Crippen molar-refractivity contribution in [3.63, 3.8) is 0 Å². The second-order valence-corrected chi connectivity index (χ2v) is 7.03. The van der Waals surface area contributed by atoms with Gasteiger partial charge in [-0.05, 0) is 53.6 Å². The Bertz CT molecular complexity index is 1120. The number of nitrogens with zero attached hydrogens (tertiary/aromatic N) is 6. The maximum absolute atomic E-state index is 12.6. The molecular formula is C21H19N7O. The van der Waals surface area contributed by atoms with Gasteiger partial charge in [-0.25, -0.2) is 9.67 Å². The monoisotopic (exact) mass is 385 g/mol. The summed E-state index contributed by atoms with van der Waals surface area (Å²) in [5.74, 6) is 0.969. The third kappa shape index (κ3) is 3.52. The summed E-state index contributed by atoms with van der Waals surface area (Å²) < 4.78 is 3.75. The maximum Gasteiger partial charge on any atom is 0.255 e. The molecule has 8 nitrogen and oxygen atoms in total. The molecule has 1 aliphatic rings. The summed E-state index contributed by atoms with van der Waals surface area (Å²) in [6, 6.07) is 14.9. The molecule has 8 heteroatoms. The fraction of sp³-hybridized carbons (Fsp3) is 0.190. The Hall–Kier alpha value is -3.81. The zero-order valence-corrected chi connectivity index (χ0v) is 15.7. The highest BCUT2D eigenvalue weighted by atomic mass is 16.1. The van der Waals surface area contributed by atoms with E-state index in [0.29, 0.717) is 5.56 Å². The van der Waals surface area contributed by atoms with E-state index in [9.17, 15) is 4.79 Å². The van der Waals surface area contributed by atoms with Crippen LogP contribution in [0.3, 0.4) is 0 Å². The molecule has 0 atom stereocenters. The number of carbonyl (C=O) groups is 1. The van der Waals surface area contributed by atoms with Gasteiger partial charge >= 0.3 is 0 Å². The Balaban J connectivity index is 1.31. The first-order chi connectivity index (χ1) is 14.3. The van der Waals surface area contributed by atoms with Crippen LogP contribution in [0.4, 0.5) is 5.69 Å². The molecule has 0 aliphatic carbocycles. The van der Waals surface area contributed by atoms with E-state index in [4.69, 9.17) is 4.98 Å². The van der Waals surface area contributed by atoms with Gasteiger partial charge in [0, 0.05) is 36.0 Å². The molecule has 0 bridgehead atoms. The van der Waals surface area contributed by atoms with Crippen LogP contribution < -0.4 is 5.32 Å². The fourth-order valence-electron chi connectivity index (χ4n) is 3.55. The molecule has 0 spiro atoms. The Morgan fingerprint density at radius 3 is 2.76 bits per heavy atom. The minimum Gasteiger partial charge on any atom is -0.334 e. The Kier molecular flexibility index (Phi) is 4.36. The molecule has 0 radical (unpaired) electrons. The third-order valence-electron chi connectivity index (χ3n) is 5.07. The van der Waals surface area contributed by atoms with Gasteiger partial charge in [-0.1, -0.05) is 18.2 Å². The first kappa shape index (κ1) is 17.3. The predicted molar refractivity (Wildman–Crippen MR) is 108 cm³/mol. The molecule has 0 saturated heterocycles. The first-order valence-corrected chi connectivity index (χ1v) is 9.57. The van der Waals surface area contributed by atoms with E-state index < -0.39 is 0 Å². The second kappa shape index (κ2) is 7.31. The van der Waals surface area contributed by atoms with E-state index >= 15 is 0 Å². The van der Waals surface area contributed by atoms with Crippen molar-refractivity contribution >= 4 is 11.6 Å². The molecule has 29 heavy (non-hydrogen) atoms. The van der Waals surface area contributed by atoms with Crippen LogP contribution in [0.2, 0.25) is 0 Å². The Labute approximate surface area is 167 Å². The van der Waals surface area contributed by atoms with Crippen LogP contribution in [0, 0.1) is 0 Å². The standard InChI is InChI=1S/C21H19N7O/c29-21(16-4-3-5-18(12-16)28-14-22-25-26-28)23-17-9-7-15(8-10-17)19-13-27-11-2-1-6-20(27)24-19/h3-5,7-10,12-14H,1-2,6,11H2,(H,23,29). The number of fused-ring (bicyclic) bond motifs is 1. The van der Waals surface area contributed by atoms with Gasteiger partial charge in [0.2, 0.25) is 0 Å². The number of anilines is 1. The molecule has 144 valence electrons. The van der Waals surface area contributed by atoms with Crippen molar-refractivity contribution in [2.24, 2.45) is 0 Å². The number of imidazole rings is 1. The number of amides is 1. The minimum absolute atomic E-state index is 0.190. The molecule has 1 amide bonds. The number of aryl methyl sites for hydroxylation is 2. The smallest absolute Gasteiger partial charge is 0.255 e. The summed E-state index contributed by atoms with van der Waals surface area (Å²) in [5, 5.41) is 14.0. The van der Waals surface area contributed by atoms with Crippen LogP contribution >= 0.6 is 0 Å². The van der Waals surface area contributed by atoms with E-state index in [-0.39, 0.29) is 5.91 Å². The van der Waals surface area contributed by atoms with Crippen LogP contribution in [0.15, 0.2) is 61.1 Å². The summed E-state index contributed by atoms with van der Waals surface area (Å²) in [6.07, 6.45) is 7.06. The molecule has 0 fully saturated rings. The number of rotatable bonds is 4. The topological polar surface area (TPSA) is 90.5 Å². The summed E-state index contributed by atoms with van der Waals surface area (Å²) >= 11 is 0. The minimum atomic E-state index is -0.190. The lowest BCUT2D eigenvalue weighted by Gasteiger charge is -2.11. The van der Waals surface area contributed by atoms with E-state index in [1.54, 1.807) is 18.2 Å². The van der Waals surface area contributed by atoms with Gasteiger partial charge in [-0.2, -0.15) is 0 Å². The first-order valence-electron chi connectivity index (χ1n) is 9.57. The fourth-order valence-corrected chi connectivity index (χ4v) is 3.55. The number of benzene rings is 2. The van der Waals surface area contributed by atoms with E-state index in [0.717, 1.165) is 41.4 Å². The molecule has 1 N–H and O–H groups in total. The molecule has 1 aliphatic heterocycles. The maximum atomic E-state index is 12.6. The quantitative estimate of drug-likeness (QED) is 0.583. The van der Waals surface area contributed by atoms with Crippen LogP contribution in [-0.2, 0) is 13.0 Å². The highest BCUT2D eigenvalue weighted by Gasteiger charge is 2.13. The molecule has 4 aromatic rings. The van der Waals surface area contributed by atoms with E-state index in [2.05, 4.69) is 31.6 Å². The van der Waals surface area contributed by atoms with Crippen molar-refractivity contribution in [2.75, 3.05) is 5.32 Å².